The van der Waals surface area contributed by atoms with Gasteiger partial charge in [0, 0.05) is 19.0 Å². The van der Waals surface area contributed by atoms with E-state index in [9.17, 15) is 14.0 Å². The summed E-state index contributed by atoms with van der Waals surface area (Å²) in [7, 11) is 0. The minimum atomic E-state index is -0.575. The van der Waals surface area contributed by atoms with E-state index in [1.54, 1.807) is 37.8 Å². The average Bonchev–Trinajstić information content (AvgIpc) is 2.50. The van der Waals surface area contributed by atoms with Crippen molar-refractivity contribution in [2.24, 2.45) is 11.8 Å². The Balaban J connectivity index is 2.89. The molecule has 0 heterocycles. The van der Waals surface area contributed by atoms with Crippen LogP contribution in [-0.2, 0) is 16.1 Å². The van der Waals surface area contributed by atoms with Crippen molar-refractivity contribution in [2.45, 2.75) is 47.2 Å². The standard InChI is InChI=1S/C18H27FN2O2/c1-12(2)10-20-17(22)14(5)21(18(23)13(3)4)11-15-6-8-16(19)9-7-15/h6-9,12-14H,10-11H2,1-5H3,(H,20,22). The van der Waals surface area contributed by atoms with Crippen molar-refractivity contribution in [3.8, 4) is 0 Å². The number of carbonyl (C=O) groups excluding carboxylic acids is 2. The largest absolute Gasteiger partial charge is 0.354 e. The first kappa shape index (κ1) is 19.1. The fourth-order valence-corrected chi connectivity index (χ4v) is 2.12. The maximum Gasteiger partial charge on any atom is 0.242 e. The lowest BCUT2D eigenvalue weighted by atomic mass is 10.1. The second kappa shape index (κ2) is 8.65. The Labute approximate surface area is 138 Å². The molecule has 5 heteroatoms. The highest BCUT2D eigenvalue weighted by Crippen LogP contribution is 2.14. The van der Waals surface area contributed by atoms with E-state index in [0.717, 1.165) is 5.56 Å². The second-order valence-corrected chi connectivity index (χ2v) is 6.56. The maximum atomic E-state index is 13.0. The van der Waals surface area contributed by atoms with Crippen molar-refractivity contribution in [1.82, 2.24) is 10.2 Å². The molecular weight excluding hydrogens is 295 g/mol. The van der Waals surface area contributed by atoms with Gasteiger partial charge in [-0.2, -0.15) is 0 Å². The molecule has 1 unspecified atom stereocenters. The van der Waals surface area contributed by atoms with Gasteiger partial charge >= 0.3 is 0 Å². The van der Waals surface area contributed by atoms with Crippen LogP contribution in [0, 0.1) is 17.7 Å². The molecule has 0 spiro atoms. The van der Waals surface area contributed by atoms with Gasteiger partial charge in [0.15, 0.2) is 0 Å². The normalized spacial score (nSPS) is 12.3. The van der Waals surface area contributed by atoms with Crippen LogP contribution in [0.2, 0.25) is 0 Å². The monoisotopic (exact) mass is 322 g/mol. The molecule has 0 aliphatic heterocycles. The molecule has 1 aromatic carbocycles. The third kappa shape index (κ3) is 6.00. The smallest absolute Gasteiger partial charge is 0.242 e. The van der Waals surface area contributed by atoms with Crippen molar-refractivity contribution in [3.05, 3.63) is 35.6 Å². The molecule has 1 aromatic rings. The first-order chi connectivity index (χ1) is 10.7. The minimum Gasteiger partial charge on any atom is -0.354 e. The first-order valence-corrected chi connectivity index (χ1v) is 8.05. The molecule has 128 valence electrons. The van der Waals surface area contributed by atoms with Crippen molar-refractivity contribution < 1.29 is 14.0 Å². The summed E-state index contributed by atoms with van der Waals surface area (Å²) >= 11 is 0. The van der Waals surface area contributed by atoms with Crippen molar-refractivity contribution in [3.63, 3.8) is 0 Å². The Morgan fingerprint density at radius 2 is 1.65 bits per heavy atom. The second-order valence-electron chi connectivity index (χ2n) is 6.56. The molecule has 1 rings (SSSR count). The zero-order valence-corrected chi connectivity index (χ0v) is 14.6. The molecule has 0 aliphatic carbocycles. The fraction of sp³-hybridized carbons (Fsp3) is 0.556. The topological polar surface area (TPSA) is 49.4 Å². The summed E-state index contributed by atoms with van der Waals surface area (Å²) in [5.41, 5.74) is 0.795. The van der Waals surface area contributed by atoms with Crippen molar-refractivity contribution in [2.75, 3.05) is 6.54 Å². The molecule has 0 saturated heterocycles. The van der Waals surface area contributed by atoms with Gasteiger partial charge < -0.3 is 10.2 Å². The van der Waals surface area contributed by atoms with Crippen LogP contribution in [0.3, 0.4) is 0 Å². The molecule has 2 amide bonds. The predicted molar refractivity (Wildman–Crippen MR) is 89.1 cm³/mol. The third-order valence-corrected chi connectivity index (χ3v) is 3.57. The van der Waals surface area contributed by atoms with Crippen LogP contribution in [0.25, 0.3) is 0 Å². The molecule has 0 aliphatic rings. The van der Waals surface area contributed by atoms with Gasteiger partial charge in [-0.05, 0) is 30.5 Å². The van der Waals surface area contributed by atoms with Gasteiger partial charge in [-0.15, -0.1) is 0 Å². The van der Waals surface area contributed by atoms with Crippen LogP contribution in [0.1, 0.15) is 40.2 Å². The van der Waals surface area contributed by atoms with Crippen LogP contribution in [0.5, 0.6) is 0 Å². The van der Waals surface area contributed by atoms with Crippen LogP contribution in [0.15, 0.2) is 24.3 Å². The van der Waals surface area contributed by atoms with Gasteiger partial charge in [0.2, 0.25) is 11.8 Å². The highest BCUT2D eigenvalue weighted by molar-refractivity contribution is 5.88. The van der Waals surface area contributed by atoms with Gasteiger partial charge in [-0.3, -0.25) is 9.59 Å². The van der Waals surface area contributed by atoms with Gasteiger partial charge in [-0.25, -0.2) is 4.39 Å². The van der Waals surface area contributed by atoms with Crippen LogP contribution < -0.4 is 5.32 Å². The summed E-state index contributed by atoms with van der Waals surface area (Å²) in [6, 6.07) is 5.41. The van der Waals surface area contributed by atoms with E-state index in [0.29, 0.717) is 12.5 Å². The summed E-state index contributed by atoms with van der Waals surface area (Å²) in [6.07, 6.45) is 0. The Morgan fingerprint density at radius 1 is 1.09 bits per heavy atom. The summed E-state index contributed by atoms with van der Waals surface area (Å²) < 4.78 is 13.0. The molecule has 1 atom stereocenters. The Kier molecular flexibility index (Phi) is 7.20. The number of hydrogen-bond donors (Lipinski definition) is 1. The van der Waals surface area contributed by atoms with E-state index in [-0.39, 0.29) is 30.1 Å². The molecule has 4 nitrogen and oxygen atoms in total. The molecule has 1 N–H and O–H groups in total. The summed E-state index contributed by atoms with van der Waals surface area (Å²) in [4.78, 5) is 26.3. The zero-order valence-electron chi connectivity index (χ0n) is 14.6. The lowest BCUT2D eigenvalue weighted by Gasteiger charge is -2.30. The van der Waals surface area contributed by atoms with Gasteiger partial charge in [0.1, 0.15) is 11.9 Å². The molecular formula is C18H27FN2O2. The lowest BCUT2D eigenvalue weighted by molar-refractivity contribution is -0.143. The minimum absolute atomic E-state index is 0.0958. The van der Waals surface area contributed by atoms with Crippen molar-refractivity contribution >= 4 is 11.8 Å². The lowest BCUT2D eigenvalue weighted by Crippen LogP contribution is -2.49. The number of hydrogen-bond acceptors (Lipinski definition) is 2. The molecule has 0 fully saturated rings. The summed E-state index contributed by atoms with van der Waals surface area (Å²) in [6.45, 7) is 10.2. The maximum absolute atomic E-state index is 13.0. The van der Waals surface area contributed by atoms with Crippen LogP contribution in [-0.4, -0.2) is 29.3 Å². The highest BCUT2D eigenvalue weighted by atomic mass is 19.1. The number of rotatable bonds is 7. The van der Waals surface area contributed by atoms with Crippen LogP contribution >= 0.6 is 0 Å². The molecule has 23 heavy (non-hydrogen) atoms. The van der Waals surface area contributed by atoms with Gasteiger partial charge in [0.25, 0.3) is 0 Å². The summed E-state index contributed by atoms with van der Waals surface area (Å²) in [5.74, 6) is -0.456. The third-order valence-electron chi connectivity index (χ3n) is 3.57. The van der Waals surface area contributed by atoms with E-state index in [1.807, 2.05) is 13.8 Å². The number of nitrogens with zero attached hydrogens (tertiary/aromatic N) is 1. The number of halogens is 1. The SMILES string of the molecule is CC(C)CNC(=O)C(C)N(Cc1ccc(F)cc1)C(=O)C(C)C. The Hall–Kier alpha value is -1.91. The summed E-state index contributed by atoms with van der Waals surface area (Å²) in [5, 5.41) is 2.86. The fourth-order valence-electron chi connectivity index (χ4n) is 2.12. The van der Waals surface area contributed by atoms with E-state index in [2.05, 4.69) is 5.32 Å². The first-order valence-electron chi connectivity index (χ1n) is 8.05. The van der Waals surface area contributed by atoms with Gasteiger partial charge in [0.05, 0.1) is 0 Å². The molecule has 0 saturated carbocycles. The van der Waals surface area contributed by atoms with Crippen LogP contribution in [0.4, 0.5) is 4.39 Å². The molecule has 0 bridgehead atoms. The van der Waals surface area contributed by atoms with E-state index in [4.69, 9.17) is 0 Å². The van der Waals surface area contributed by atoms with E-state index >= 15 is 0 Å². The highest BCUT2D eigenvalue weighted by Gasteiger charge is 2.27. The number of benzene rings is 1. The van der Waals surface area contributed by atoms with Gasteiger partial charge in [-0.1, -0.05) is 39.8 Å². The Morgan fingerprint density at radius 3 is 2.13 bits per heavy atom. The van der Waals surface area contributed by atoms with E-state index in [1.165, 1.54) is 12.1 Å². The quantitative estimate of drug-likeness (QED) is 0.839. The van der Waals surface area contributed by atoms with Crippen molar-refractivity contribution in [1.29, 1.82) is 0 Å². The number of amides is 2. The average molecular weight is 322 g/mol. The Bertz CT molecular complexity index is 526. The predicted octanol–water partition coefficient (Wildman–Crippen LogP) is 2.97. The zero-order chi connectivity index (χ0) is 17.6. The van der Waals surface area contributed by atoms with E-state index < -0.39 is 6.04 Å². The molecule has 0 radical (unpaired) electrons. The molecule has 0 aromatic heterocycles. The number of carbonyl (C=O) groups is 2. The number of nitrogens with one attached hydrogen (secondary N) is 1.